The van der Waals surface area contributed by atoms with Gasteiger partial charge in [0.15, 0.2) is 6.10 Å². The van der Waals surface area contributed by atoms with Crippen molar-refractivity contribution in [3.63, 3.8) is 0 Å². The topological polar surface area (TPSA) is 47.6 Å². The molecule has 4 heteroatoms. The van der Waals surface area contributed by atoms with Gasteiger partial charge in [0.2, 0.25) is 0 Å². The van der Waals surface area contributed by atoms with Crippen LogP contribution in [0.4, 0.5) is 5.69 Å². The van der Waals surface area contributed by atoms with Gasteiger partial charge in [-0.3, -0.25) is 0 Å². The van der Waals surface area contributed by atoms with Crippen LogP contribution in [-0.4, -0.2) is 11.9 Å². The van der Waals surface area contributed by atoms with E-state index in [0.717, 1.165) is 5.75 Å². The van der Waals surface area contributed by atoms with Gasteiger partial charge in [-0.05, 0) is 25.1 Å². The second-order valence-corrected chi connectivity index (χ2v) is 3.35. The van der Waals surface area contributed by atoms with E-state index >= 15 is 0 Å². The first-order valence-corrected chi connectivity index (χ1v) is 4.35. The van der Waals surface area contributed by atoms with Gasteiger partial charge in [0.1, 0.15) is 17.3 Å². The standard InChI is InChI=1S/C9H9ClN2O/c1-5-9(11)12-7-4-6(10)2-3-8(7)13-5/h2-5H,1H3,(H2,11,12)/t5-/m1/s1. The van der Waals surface area contributed by atoms with E-state index in [4.69, 9.17) is 22.1 Å². The zero-order valence-electron chi connectivity index (χ0n) is 7.12. The number of rotatable bonds is 0. The molecule has 0 aromatic heterocycles. The van der Waals surface area contributed by atoms with Crippen LogP contribution in [0.5, 0.6) is 5.75 Å². The van der Waals surface area contributed by atoms with Gasteiger partial charge in [0.05, 0.1) is 0 Å². The molecule has 1 heterocycles. The molecule has 0 amide bonds. The first kappa shape index (κ1) is 8.38. The normalized spacial score (nSPS) is 20.2. The number of amidine groups is 1. The highest BCUT2D eigenvalue weighted by molar-refractivity contribution is 6.30. The molecular formula is C9H9ClN2O. The van der Waals surface area contributed by atoms with Crippen molar-refractivity contribution in [3.8, 4) is 5.75 Å². The summed E-state index contributed by atoms with van der Waals surface area (Å²) >= 11 is 5.80. The van der Waals surface area contributed by atoms with Crippen molar-refractivity contribution < 1.29 is 4.74 Å². The van der Waals surface area contributed by atoms with E-state index in [1.54, 1.807) is 18.2 Å². The fourth-order valence-corrected chi connectivity index (χ4v) is 1.32. The largest absolute Gasteiger partial charge is 0.481 e. The van der Waals surface area contributed by atoms with Gasteiger partial charge in [-0.1, -0.05) is 11.6 Å². The molecule has 0 saturated heterocycles. The van der Waals surface area contributed by atoms with Crippen LogP contribution in [0.1, 0.15) is 6.92 Å². The molecular weight excluding hydrogens is 188 g/mol. The number of hydrogen-bond acceptors (Lipinski definition) is 3. The number of nitrogens with zero attached hydrogens (tertiary/aromatic N) is 1. The quantitative estimate of drug-likeness (QED) is 0.691. The molecule has 68 valence electrons. The molecule has 0 aliphatic carbocycles. The number of hydrogen-bond donors (Lipinski definition) is 1. The Labute approximate surface area is 81.2 Å². The fraction of sp³-hybridized carbons (Fsp3) is 0.222. The summed E-state index contributed by atoms with van der Waals surface area (Å²) in [5.74, 6) is 1.21. The van der Waals surface area contributed by atoms with E-state index in [1.165, 1.54) is 0 Å². The molecule has 0 radical (unpaired) electrons. The van der Waals surface area contributed by atoms with Gasteiger partial charge in [0, 0.05) is 5.02 Å². The van der Waals surface area contributed by atoms with E-state index in [9.17, 15) is 0 Å². The molecule has 13 heavy (non-hydrogen) atoms. The lowest BCUT2D eigenvalue weighted by Crippen LogP contribution is -2.33. The van der Waals surface area contributed by atoms with Crippen molar-refractivity contribution in [2.45, 2.75) is 13.0 Å². The summed E-state index contributed by atoms with van der Waals surface area (Å²) in [6, 6.07) is 5.30. The monoisotopic (exact) mass is 196 g/mol. The second-order valence-electron chi connectivity index (χ2n) is 2.91. The summed E-state index contributed by atoms with van der Waals surface area (Å²) in [7, 11) is 0. The van der Waals surface area contributed by atoms with E-state index in [0.29, 0.717) is 16.5 Å². The molecule has 0 bridgehead atoms. The molecule has 0 saturated carbocycles. The molecule has 1 aliphatic heterocycles. The summed E-state index contributed by atoms with van der Waals surface area (Å²) in [5, 5.41) is 0.633. The highest BCUT2D eigenvalue weighted by Gasteiger charge is 2.17. The highest BCUT2D eigenvalue weighted by atomic mass is 35.5. The maximum absolute atomic E-state index is 5.80. The Morgan fingerprint density at radius 2 is 2.31 bits per heavy atom. The average Bonchev–Trinajstić information content (AvgIpc) is 2.08. The van der Waals surface area contributed by atoms with Gasteiger partial charge < -0.3 is 10.5 Å². The zero-order chi connectivity index (χ0) is 9.42. The van der Waals surface area contributed by atoms with Crippen molar-refractivity contribution in [1.82, 2.24) is 0 Å². The minimum atomic E-state index is -0.159. The minimum Gasteiger partial charge on any atom is -0.481 e. The molecule has 0 unspecified atom stereocenters. The van der Waals surface area contributed by atoms with Crippen LogP contribution in [0.3, 0.4) is 0 Å². The summed E-state index contributed by atoms with van der Waals surface area (Å²) in [6.07, 6.45) is -0.159. The molecule has 1 aromatic rings. The third-order valence-electron chi connectivity index (χ3n) is 1.89. The van der Waals surface area contributed by atoms with Gasteiger partial charge in [-0.2, -0.15) is 0 Å². The molecule has 1 atom stereocenters. The van der Waals surface area contributed by atoms with Crippen LogP contribution in [0.15, 0.2) is 23.2 Å². The average molecular weight is 197 g/mol. The van der Waals surface area contributed by atoms with E-state index in [1.807, 2.05) is 6.92 Å². The first-order valence-electron chi connectivity index (χ1n) is 3.97. The lowest BCUT2D eigenvalue weighted by atomic mass is 10.2. The van der Waals surface area contributed by atoms with Crippen molar-refractivity contribution in [3.05, 3.63) is 23.2 Å². The third-order valence-corrected chi connectivity index (χ3v) is 2.13. The Hall–Kier alpha value is -1.22. The summed E-state index contributed by atoms with van der Waals surface area (Å²) < 4.78 is 5.48. The minimum absolute atomic E-state index is 0.159. The van der Waals surface area contributed by atoms with Gasteiger partial charge >= 0.3 is 0 Å². The Balaban J connectivity index is 2.51. The van der Waals surface area contributed by atoms with Crippen LogP contribution >= 0.6 is 11.6 Å². The molecule has 2 N–H and O–H groups in total. The Morgan fingerprint density at radius 3 is 3.08 bits per heavy atom. The van der Waals surface area contributed by atoms with Crippen LogP contribution in [0.2, 0.25) is 5.02 Å². The summed E-state index contributed by atoms with van der Waals surface area (Å²) in [5.41, 5.74) is 6.32. The van der Waals surface area contributed by atoms with Crippen molar-refractivity contribution in [2.24, 2.45) is 10.7 Å². The Morgan fingerprint density at radius 1 is 1.54 bits per heavy atom. The van der Waals surface area contributed by atoms with Crippen molar-refractivity contribution in [1.29, 1.82) is 0 Å². The Kier molecular flexibility index (Phi) is 1.88. The third kappa shape index (κ3) is 1.47. The fourth-order valence-electron chi connectivity index (χ4n) is 1.16. The van der Waals surface area contributed by atoms with E-state index in [2.05, 4.69) is 4.99 Å². The molecule has 1 aromatic carbocycles. The molecule has 2 rings (SSSR count). The number of halogens is 1. The first-order chi connectivity index (χ1) is 6.16. The van der Waals surface area contributed by atoms with Gasteiger partial charge in [-0.25, -0.2) is 4.99 Å². The van der Waals surface area contributed by atoms with Crippen LogP contribution in [0, 0.1) is 0 Å². The van der Waals surface area contributed by atoms with Crippen LogP contribution < -0.4 is 10.5 Å². The number of ether oxygens (including phenoxy) is 1. The maximum Gasteiger partial charge on any atom is 0.153 e. The number of nitrogens with two attached hydrogens (primary N) is 1. The van der Waals surface area contributed by atoms with Gasteiger partial charge in [-0.15, -0.1) is 0 Å². The zero-order valence-corrected chi connectivity index (χ0v) is 7.88. The molecule has 3 nitrogen and oxygen atoms in total. The number of aliphatic imine (C=N–C) groups is 1. The molecule has 0 fully saturated rings. The lowest BCUT2D eigenvalue weighted by molar-refractivity contribution is 0.281. The summed E-state index contributed by atoms with van der Waals surface area (Å²) in [6.45, 7) is 1.86. The van der Waals surface area contributed by atoms with Crippen LogP contribution in [0.25, 0.3) is 0 Å². The molecule has 1 aliphatic rings. The number of benzene rings is 1. The van der Waals surface area contributed by atoms with E-state index in [-0.39, 0.29) is 6.10 Å². The predicted molar refractivity (Wildman–Crippen MR) is 52.8 cm³/mol. The Bertz CT molecular complexity index is 376. The number of fused-ring (bicyclic) bond motifs is 1. The lowest BCUT2D eigenvalue weighted by Gasteiger charge is -2.20. The smallest absolute Gasteiger partial charge is 0.153 e. The van der Waals surface area contributed by atoms with Gasteiger partial charge in [0.25, 0.3) is 0 Å². The maximum atomic E-state index is 5.80. The van der Waals surface area contributed by atoms with Crippen molar-refractivity contribution in [2.75, 3.05) is 0 Å². The van der Waals surface area contributed by atoms with Crippen LogP contribution in [-0.2, 0) is 0 Å². The predicted octanol–water partition coefficient (Wildman–Crippen LogP) is 2.11. The molecule has 0 spiro atoms. The highest BCUT2D eigenvalue weighted by Crippen LogP contribution is 2.33. The SMILES string of the molecule is C[C@H]1Oc2ccc(Cl)cc2N=C1N. The summed E-state index contributed by atoms with van der Waals surface area (Å²) in [4.78, 5) is 4.17. The second kappa shape index (κ2) is 2.92. The van der Waals surface area contributed by atoms with Crippen molar-refractivity contribution >= 4 is 23.1 Å². The van der Waals surface area contributed by atoms with E-state index < -0.39 is 0 Å².